The van der Waals surface area contributed by atoms with Gasteiger partial charge in [0, 0.05) is 28.9 Å². The molecule has 0 N–H and O–H groups in total. The van der Waals surface area contributed by atoms with Crippen LogP contribution in [0.3, 0.4) is 0 Å². The van der Waals surface area contributed by atoms with E-state index in [9.17, 15) is 14.4 Å². The monoisotopic (exact) mass is 567 g/mol. The molecule has 0 aliphatic carbocycles. The molecule has 0 radical (unpaired) electrons. The molecule has 0 saturated carbocycles. The Kier molecular flexibility index (Phi) is 8.79. The van der Waals surface area contributed by atoms with Crippen LogP contribution in [-0.2, 0) is 9.53 Å². The van der Waals surface area contributed by atoms with Gasteiger partial charge < -0.3 is 18.9 Å². The van der Waals surface area contributed by atoms with E-state index in [4.69, 9.17) is 30.5 Å². The van der Waals surface area contributed by atoms with E-state index in [1.54, 1.807) is 18.2 Å². The zero-order chi connectivity index (χ0) is 25.9. The zero-order valence-corrected chi connectivity index (χ0v) is 22.5. The Balaban J connectivity index is 2.20. The van der Waals surface area contributed by atoms with E-state index < -0.39 is 11.9 Å². The number of Topliss-reactive ketones (excluding diaryl/α,β-unsaturated/α-hetero) is 1. The molecule has 0 unspecified atom stereocenters. The van der Waals surface area contributed by atoms with E-state index in [0.29, 0.717) is 28.8 Å². The molecule has 35 heavy (non-hydrogen) atoms. The average Bonchev–Trinajstić information content (AvgIpc) is 3.15. The lowest BCUT2D eigenvalue weighted by Gasteiger charge is -2.28. The van der Waals surface area contributed by atoms with Crippen molar-refractivity contribution in [1.82, 2.24) is 4.90 Å². The van der Waals surface area contributed by atoms with Gasteiger partial charge in [0.2, 0.25) is 0 Å². The molecule has 1 aliphatic heterocycles. The molecule has 0 spiro atoms. The van der Waals surface area contributed by atoms with Crippen molar-refractivity contribution in [3.8, 4) is 17.2 Å². The molecule has 1 saturated heterocycles. The first kappa shape index (κ1) is 27.0. The highest BCUT2D eigenvalue weighted by molar-refractivity contribution is 9.10. The van der Waals surface area contributed by atoms with Gasteiger partial charge in [-0.1, -0.05) is 27.5 Å². The molecule has 0 bridgehead atoms. The predicted molar refractivity (Wildman–Crippen MR) is 134 cm³/mol. The zero-order valence-electron chi connectivity index (χ0n) is 20.1. The van der Waals surface area contributed by atoms with Gasteiger partial charge in [0.05, 0.1) is 30.8 Å². The summed E-state index contributed by atoms with van der Waals surface area (Å²) in [6.45, 7) is 3.55. The van der Waals surface area contributed by atoms with Gasteiger partial charge in [-0.25, -0.2) is 4.79 Å². The number of nitrogens with zero attached hydrogens (tertiary/aromatic N) is 1. The Morgan fingerprint density at radius 2 is 1.80 bits per heavy atom. The minimum Gasteiger partial charge on any atom is -0.496 e. The van der Waals surface area contributed by atoms with Crippen LogP contribution in [0.1, 0.15) is 52.5 Å². The molecule has 2 aromatic carbocycles. The van der Waals surface area contributed by atoms with Crippen LogP contribution in [0.25, 0.3) is 0 Å². The summed E-state index contributed by atoms with van der Waals surface area (Å²) < 4.78 is 23.1. The number of halogens is 2. The van der Waals surface area contributed by atoms with E-state index in [2.05, 4.69) is 20.8 Å². The molecular formula is C25H27BrClNO7. The van der Waals surface area contributed by atoms with Crippen LogP contribution in [0, 0.1) is 0 Å². The van der Waals surface area contributed by atoms with Crippen molar-refractivity contribution in [3.63, 3.8) is 0 Å². The highest BCUT2D eigenvalue weighted by Gasteiger charge is 2.40. The highest BCUT2D eigenvalue weighted by Crippen LogP contribution is 2.48. The van der Waals surface area contributed by atoms with Crippen LogP contribution < -0.4 is 14.2 Å². The first-order chi connectivity index (χ1) is 16.6. The summed E-state index contributed by atoms with van der Waals surface area (Å²) in [5.74, 6) is -1.09. The van der Waals surface area contributed by atoms with E-state index in [-0.39, 0.29) is 52.0 Å². The van der Waals surface area contributed by atoms with Crippen LogP contribution in [0.2, 0.25) is 5.02 Å². The number of hydrogen-bond acceptors (Lipinski definition) is 8. The van der Waals surface area contributed by atoms with Gasteiger partial charge in [-0.3, -0.25) is 14.5 Å². The first-order valence-corrected chi connectivity index (χ1v) is 12.1. The summed E-state index contributed by atoms with van der Waals surface area (Å²) in [5.41, 5.74) is 0.782. The lowest BCUT2D eigenvalue weighted by molar-refractivity contribution is -0.142. The van der Waals surface area contributed by atoms with Gasteiger partial charge in [-0.05, 0) is 45.1 Å². The molecule has 10 heteroatoms. The summed E-state index contributed by atoms with van der Waals surface area (Å²) in [6.07, 6.45) is 0.659. The fourth-order valence-corrected chi connectivity index (χ4v) is 5.09. The largest absolute Gasteiger partial charge is 0.496 e. The Morgan fingerprint density at radius 1 is 1.11 bits per heavy atom. The van der Waals surface area contributed by atoms with Crippen molar-refractivity contribution in [1.29, 1.82) is 0 Å². The van der Waals surface area contributed by atoms with Crippen LogP contribution in [0.4, 0.5) is 0 Å². The third kappa shape index (κ3) is 5.79. The second-order valence-corrected chi connectivity index (χ2v) is 9.54. The minimum atomic E-state index is -0.732. The molecular weight excluding hydrogens is 542 g/mol. The van der Waals surface area contributed by atoms with Gasteiger partial charge in [0.1, 0.15) is 23.7 Å². The number of likely N-dealkylation sites (N-methyl/N-ethyl adjacent to an activating group) is 1. The third-order valence-corrected chi connectivity index (χ3v) is 6.84. The number of esters is 2. The van der Waals surface area contributed by atoms with Gasteiger partial charge in [0.25, 0.3) is 0 Å². The highest BCUT2D eigenvalue weighted by atomic mass is 79.9. The van der Waals surface area contributed by atoms with Crippen LogP contribution in [0.5, 0.6) is 17.2 Å². The predicted octanol–water partition coefficient (Wildman–Crippen LogP) is 4.89. The van der Waals surface area contributed by atoms with Crippen molar-refractivity contribution >= 4 is 45.3 Å². The number of methoxy groups -OCH3 is 2. The lowest BCUT2D eigenvalue weighted by Crippen LogP contribution is -2.34. The quantitative estimate of drug-likeness (QED) is 0.253. The topological polar surface area (TPSA) is 91.4 Å². The maximum atomic E-state index is 13.3. The second-order valence-electron chi connectivity index (χ2n) is 8.21. The van der Waals surface area contributed by atoms with Crippen molar-refractivity contribution < 1.29 is 33.3 Å². The number of ketones is 1. The molecule has 2 aromatic rings. The number of carbonyl (C=O) groups is 3. The number of ether oxygens (including phenoxy) is 4. The SMILES string of the molecule is COc1cc(OC)c([C@@H]2CCN(C)[C@H]2COC(C)=O)c(OC(=O)c2ccc(Br)cc2Cl)c1C(C)=O. The van der Waals surface area contributed by atoms with E-state index in [0.717, 1.165) is 0 Å². The van der Waals surface area contributed by atoms with Gasteiger partial charge in [0.15, 0.2) is 11.5 Å². The first-order valence-electron chi connectivity index (χ1n) is 10.9. The molecule has 0 aromatic heterocycles. The van der Waals surface area contributed by atoms with Crippen LogP contribution >= 0.6 is 27.5 Å². The minimum absolute atomic E-state index is 0.0470. The Labute approximate surface area is 217 Å². The average molecular weight is 569 g/mol. The van der Waals surface area contributed by atoms with Gasteiger partial charge >= 0.3 is 11.9 Å². The maximum absolute atomic E-state index is 13.3. The van der Waals surface area contributed by atoms with Crippen LogP contribution in [0.15, 0.2) is 28.7 Å². The van der Waals surface area contributed by atoms with E-state index in [1.807, 2.05) is 7.05 Å². The van der Waals surface area contributed by atoms with E-state index in [1.165, 1.54) is 34.1 Å². The molecule has 1 aliphatic rings. The summed E-state index contributed by atoms with van der Waals surface area (Å²) in [7, 11) is 4.83. The smallest absolute Gasteiger partial charge is 0.345 e. The van der Waals surface area contributed by atoms with Crippen molar-refractivity contribution in [2.24, 2.45) is 0 Å². The van der Waals surface area contributed by atoms with Crippen LogP contribution in [-0.4, -0.2) is 63.1 Å². The fourth-order valence-electron chi connectivity index (χ4n) is 4.34. The number of hydrogen-bond donors (Lipinski definition) is 0. The Morgan fingerprint density at radius 3 is 2.37 bits per heavy atom. The Hall–Kier alpha value is -2.62. The molecule has 188 valence electrons. The molecule has 1 fully saturated rings. The summed E-state index contributed by atoms with van der Waals surface area (Å²) in [6, 6.07) is 6.17. The van der Waals surface area contributed by atoms with Crippen molar-refractivity contribution in [2.75, 3.05) is 34.4 Å². The lowest BCUT2D eigenvalue weighted by atomic mass is 9.87. The number of benzene rings is 2. The fraction of sp³-hybridized carbons (Fsp3) is 0.400. The van der Waals surface area contributed by atoms with E-state index >= 15 is 0 Å². The summed E-state index contributed by atoms with van der Waals surface area (Å²) >= 11 is 9.61. The molecule has 8 nitrogen and oxygen atoms in total. The molecule has 3 rings (SSSR count). The van der Waals surface area contributed by atoms with Gasteiger partial charge in [-0.15, -0.1) is 0 Å². The number of carbonyl (C=O) groups excluding carboxylic acids is 3. The number of rotatable bonds is 8. The second kappa shape index (κ2) is 11.4. The van der Waals surface area contributed by atoms with Gasteiger partial charge in [-0.2, -0.15) is 0 Å². The Bertz CT molecular complexity index is 1150. The standard InChI is InChI=1S/C25H27BrClNO7/c1-13(29)22-20(32-4)11-21(33-5)23(17-8-9-28(3)19(17)12-34-14(2)30)24(22)35-25(31)16-7-6-15(26)10-18(16)27/h6-7,10-11,17,19H,8-9,12H2,1-5H3/t17-,19+/m1/s1. The summed E-state index contributed by atoms with van der Waals surface area (Å²) in [5, 5.41) is 0.193. The van der Waals surface area contributed by atoms with Crippen molar-refractivity contribution in [2.45, 2.75) is 32.2 Å². The van der Waals surface area contributed by atoms with Crippen molar-refractivity contribution in [3.05, 3.63) is 50.5 Å². The molecule has 1 heterocycles. The normalized spacial score (nSPS) is 17.7. The maximum Gasteiger partial charge on any atom is 0.345 e. The summed E-state index contributed by atoms with van der Waals surface area (Å²) in [4.78, 5) is 39.6. The molecule has 0 amide bonds. The number of likely N-dealkylation sites (tertiary alicyclic amines) is 1. The third-order valence-electron chi connectivity index (χ3n) is 6.04. The molecule has 2 atom stereocenters.